The summed E-state index contributed by atoms with van der Waals surface area (Å²) in [6.07, 6.45) is 8.84. The predicted octanol–water partition coefficient (Wildman–Crippen LogP) is 4.27. The number of anilines is 1. The van der Waals surface area contributed by atoms with Gasteiger partial charge in [0.2, 0.25) is 0 Å². The Bertz CT molecular complexity index is 756. The van der Waals surface area contributed by atoms with Crippen molar-refractivity contribution in [3.63, 3.8) is 0 Å². The van der Waals surface area contributed by atoms with Crippen molar-refractivity contribution >= 4 is 5.82 Å². The zero-order chi connectivity index (χ0) is 17.9. The van der Waals surface area contributed by atoms with E-state index in [1.165, 1.54) is 79.1 Å². The molecule has 4 heteroatoms. The van der Waals surface area contributed by atoms with Crippen molar-refractivity contribution < 1.29 is 0 Å². The Kier molecular flexibility index (Phi) is 5.30. The fourth-order valence-electron chi connectivity index (χ4n) is 4.34. The van der Waals surface area contributed by atoms with Crippen LogP contribution in [0.2, 0.25) is 0 Å². The minimum atomic E-state index is 1.05. The number of hydrogen-bond donors (Lipinski definition) is 1. The van der Waals surface area contributed by atoms with Crippen LogP contribution in [-0.2, 0) is 12.8 Å². The van der Waals surface area contributed by atoms with E-state index in [-0.39, 0.29) is 0 Å². The second-order valence-electron chi connectivity index (χ2n) is 8.01. The van der Waals surface area contributed by atoms with Crippen LogP contribution in [0.4, 0.5) is 5.82 Å². The van der Waals surface area contributed by atoms with Crippen LogP contribution < -0.4 is 5.32 Å². The highest BCUT2D eigenvalue weighted by Gasteiger charge is 2.22. The summed E-state index contributed by atoms with van der Waals surface area (Å²) in [6, 6.07) is 6.66. The number of fused-ring (bicyclic) bond motifs is 1. The number of nitrogens with zero attached hydrogens (tertiary/aromatic N) is 3. The number of hydrogen-bond acceptors (Lipinski definition) is 3. The van der Waals surface area contributed by atoms with Crippen molar-refractivity contribution in [1.29, 1.82) is 0 Å². The zero-order valence-corrected chi connectivity index (χ0v) is 16.4. The third kappa shape index (κ3) is 3.66. The average Bonchev–Trinajstić information content (AvgIpc) is 2.83. The first-order valence-electron chi connectivity index (χ1n) is 10.4. The summed E-state index contributed by atoms with van der Waals surface area (Å²) >= 11 is 0. The molecule has 0 amide bonds. The largest absolute Gasteiger partial charge is 0.370 e. The molecule has 0 saturated carbocycles. The minimum absolute atomic E-state index is 1.05. The molecular weight excluding hydrogens is 320 g/mol. The lowest BCUT2D eigenvalue weighted by Crippen LogP contribution is -2.31. The van der Waals surface area contributed by atoms with Gasteiger partial charge < -0.3 is 10.2 Å². The van der Waals surface area contributed by atoms with Gasteiger partial charge >= 0.3 is 0 Å². The van der Waals surface area contributed by atoms with Crippen molar-refractivity contribution in [2.75, 3.05) is 31.5 Å². The molecule has 1 N–H and O–H groups in total. The average molecular weight is 353 g/mol. The van der Waals surface area contributed by atoms with Crippen molar-refractivity contribution in [2.45, 2.75) is 58.8 Å². The van der Waals surface area contributed by atoms with Gasteiger partial charge in [-0.1, -0.05) is 18.6 Å². The fraction of sp³-hybridized carbons (Fsp3) is 0.591. The highest BCUT2D eigenvalue weighted by molar-refractivity contribution is 5.56. The van der Waals surface area contributed by atoms with Gasteiger partial charge in [-0.25, -0.2) is 4.68 Å². The molecule has 3 heterocycles. The van der Waals surface area contributed by atoms with E-state index in [0.29, 0.717) is 0 Å². The van der Waals surface area contributed by atoms with Crippen LogP contribution in [0.5, 0.6) is 0 Å². The summed E-state index contributed by atoms with van der Waals surface area (Å²) in [5, 5.41) is 8.80. The van der Waals surface area contributed by atoms with E-state index in [9.17, 15) is 0 Å². The van der Waals surface area contributed by atoms with E-state index in [2.05, 4.69) is 46.9 Å². The standard InChI is InChI=1S/C22H32N4/c1-17-9-10-18(2)21(16-17)26-22-19(8-4-5-12-23-22)20(24-26)11-15-25-13-6-3-7-14-25/h9-10,16,23H,3-8,11-15H2,1-2H3. The van der Waals surface area contributed by atoms with Gasteiger partial charge in [-0.15, -0.1) is 0 Å². The first-order chi connectivity index (χ1) is 12.7. The molecule has 0 aliphatic carbocycles. The Labute approximate surface area is 157 Å². The van der Waals surface area contributed by atoms with Gasteiger partial charge in [0.25, 0.3) is 0 Å². The van der Waals surface area contributed by atoms with Gasteiger partial charge in [-0.2, -0.15) is 5.10 Å². The summed E-state index contributed by atoms with van der Waals surface area (Å²) in [7, 11) is 0. The molecule has 0 spiro atoms. The lowest BCUT2D eigenvalue weighted by atomic mass is 10.1. The van der Waals surface area contributed by atoms with Crippen LogP contribution in [0.25, 0.3) is 5.69 Å². The topological polar surface area (TPSA) is 33.1 Å². The number of nitrogens with one attached hydrogen (secondary N) is 1. The van der Waals surface area contributed by atoms with Crippen LogP contribution in [0.1, 0.15) is 54.5 Å². The zero-order valence-electron chi connectivity index (χ0n) is 16.4. The SMILES string of the molecule is Cc1ccc(C)c(-n2nc(CCN3CCCCC3)c3c2NCCCC3)c1. The van der Waals surface area contributed by atoms with Crippen molar-refractivity contribution in [3.8, 4) is 5.69 Å². The van der Waals surface area contributed by atoms with E-state index in [1.54, 1.807) is 0 Å². The quantitative estimate of drug-likeness (QED) is 0.892. The van der Waals surface area contributed by atoms with Crippen LogP contribution in [0.3, 0.4) is 0 Å². The highest BCUT2D eigenvalue weighted by Crippen LogP contribution is 2.30. The van der Waals surface area contributed by atoms with Crippen LogP contribution in [0, 0.1) is 13.8 Å². The Balaban J connectivity index is 1.66. The Hall–Kier alpha value is -1.81. The highest BCUT2D eigenvalue weighted by atomic mass is 15.3. The molecule has 0 atom stereocenters. The predicted molar refractivity (Wildman–Crippen MR) is 108 cm³/mol. The summed E-state index contributed by atoms with van der Waals surface area (Å²) in [5.74, 6) is 1.24. The monoisotopic (exact) mass is 352 g/mol. The molecule has 2 aliphatic rings. The maximum Gasteiger partial charge on any atom is 0.133 e. The minimum Gasteiger partial charge on any atom is -0.370 e. The molecule has 2 aliphatic heterocycles. The third-order valence-corrected chi connectivity index (χ3v) is 5.92. The van der Waals surface area contributed by atoms with E-state index in [0.717, 1.165) is 25.9 Å². The summed E-state index contributed by atoms with van der Waals surface area (Å²) in [5.41, 5.74) is 6.56. The first-order valence-corrected chi connectivity index (χ1v) is 10.4. The summed E-state index contributed by atoms with van der Waals surface area (Å²) in [6.45, 7) is 9.07. The van der Waals surface area contributed by atoms with Gasteiger partial charge in [-0.3, -0.25) is 0 Å². The van der Waals surface area contributed by atoms with E-state index < -0.39 is 0 Å². The Morgan fingerprint density at radius 1 is 1.04 bits per heavy atom. The molecule has 1 aromatic heterocycles. The molecule has 1 fully saturated rings. The van der Waals surface area contributed by atoms with Crippen molar-refractivity contribution in [3.05, 3.63) is 40.6 Å². The molecule has 0 unspecified atom stereocenters. The molecule has 0 radical (unpaired) electrons. The number of aryl methyl sites for hydroxylation is 2. The van der Waals surface area contributed by atoms with Crippen LogP contribution in [0.15, 0.2) is 18.2 Å². The maximum absolute atomic E-state index is 5.12. The van der Waals surface area contributed by atoms with Crippen LogP contribution >= 0.6 is 0 Å². The second-order valence-corrected chi connectivity index (χ2v) is 8.01. The molecule has 26 heavy (non-hydrogen) atoms. The third-order valence-electron chi connectivity index (χ3n) is 5.92. The number of likely N-dealkylation sites (tertiary alicyclic amines) is 1. The van der Waals surface area contributed by atoms with Crippen molar-refractivity contribution in [1.82, 2.24) is 14.7 Å². The molecule has 1 saturated heterocycles. The number of aromatic nitrogens is 2. The Morgan fingerprint density at radius 2 is 1.88 bits per heavy atom. The maximum atomic E-state index is 5.12. The second kappa shape index (κ2) is 7.83. The van der Waals surface area contributed by atoms with Gasteiger partial charge in [0.05, 0.1) is 11.4 Å². The number of piperidine rings is 1. The number of rotatable bonds is 4. The van der Waals surface area contributed by atoms with Gasteiger partial charge in [0.1, 0.15) is 5.82 Å². The van der Waals surface area contributed by atoms with Gasteiger partial charge in [0.15, 0.2) is 0 Å². The lowest BCUT2D eigenvalue weighted by molar-refractivity contribution is 0.230. The number of benzene rings is 1. The van der Waals surface area contributed by atoms with E-state index in [4.69, 9.17) is 5.10 Å². The molecule has 4 nitrogen and oxygen atoms in total. The fourth-order valence-corrected chi connectivity index (χ4v) is 4.34. The molecule has 2 aromatic rings. The summed E-state index contributed by atoms with van der Waals surface area (Å²) < 4.78 is 2.19. The normalized spacial score (nSPS) is 18.2. The van der Waals surface area contributed by atoms with Crippen molar-refractivity contribution in [2.24, 2.45) is 0 Å². The molecule has 1 aromatic carbocycles. The molecular formula is C22H32N4. The smallest absolute Gasteiger partial charge is 0.133 e. The summed E-state index contributed by atoms with van der Waals surface area (Å²) in [4.78, 5) is 2.62. The first kappa shape index (κ1) is 17.6. The van der Waals surface area contributed by atoms with Crippen LogP contribution in [-0.4, -0.2) is 40.9 Å². The Morgan fingerprint density at radius 3 is 2.73 bits per heavy atom. The molecule has 4 rings (SSSR count). The lowest BCUT2D eigenvalue weighted by Gasteiger charge is -2.26. The molecule has 140 valence electrons. The van der Waals surface area contributed by atoms with E-state index >= 15 is 0 Å². The van der Waals surface area contributed by atoms with Gasteiger partial charge in [0, 0.05) is 25.1 Å². The molecule has 0 bridgehead atoms. The van der Waals surface area contributed by atoms with Gasteiger partial charge in [-0.05, 0) is 76.2 Å². The van der Waals surface area contributed by atoms with E-state index in [1.807, 2.05) is 0 Å².